The molecule has 0 aromatic rings. The zero-order chi connectivity index (χ0) is 22.8. The number of fused-ring (bicyclic) bond motifs is 5. The fraction of sp³-hybridized carbons (Fsp3) is 0.923. The van der Waals surface area contributed by atoms with Crippen molar-refractivity contribution in [2.24, 2.45) is 40.4 Å². The quantitative estimate of drug-likeness (QED) is 0.494. The first-order valence-electron chi connectivity index (χ1n) is 12.8. The molecule has 1 saturated heterocycles. The second kappa shape index (κ2) is 8.31. The lowest BCUT2D eigenvalue weighted by Crippen LogP contribution is -2.61. The molecule has 6 heteroatoms. The van der Waals surface area contributed by atoms with Crippen LogP contribution in [0.15, 0.2) is 12.7 Å². The number of aliphatic hydroxyl groups is 4. The Bertz CT molecular complexity index is 714. The lowest BCUT2D eigenvalue weighted by Gasteiger charge is -2.62. The molecule has 0 amide bonds. The molecule has 0 aromatic carbocycles. The van der Waals surface area contributed by atoms with Gasteiger partial charge in [-0.3, -0.25) is 0 Å². The van der Waals surface area contributed by atoms with E-state index >= 15 is 0 Å². The van der Waals surface area contributed by atoms with Gasteiger partial charge in [-0.1, -0.05) is 19.9 Å². The van der Waals surface area contributed by atoms with Crippen LogP contribution < -0.4 is 0 Å². The Morgan fingerprint density at radius 2 is 1.50 bits per heavy atom. The van der Waals surface area contributed by atoms with E-state index in [9.17, 15) is 20.4 Å². The van der Waals surface area contributed by atoms with Crippen LogP contribution in [0.3, 0.4) is 0 Å². The van der Waals surface area contributed by atoms with Crippen molar-refractivity contribution in [3.8, 4) is 0 Å². The number of aliphatic hydroxyl groups excluding tert-OH is 4. The molecule has 182 valence electrons. The Balaban J connectivity index is 1.36. The molecule has 5 fully saturated rings. The lowest BCUT2D eigenvalue weighted by atomic mass is 9.44. The number of hydrogen-bond donors (Lipinski definition) is 4. The van der Waals surface area contributed by atoms with E-state index in [0.717, 1.165) is 31.1 Å². The summed E-state index contributed by atoms with van der Waals surface area (Å²) in [6.07, 6.45) is 5.34. The van der Waals surface area contributed by atoms with Gasteiger partial charge < -0.3 is 29.9 Å². The van der Waals surface area contributed by atoms with Crippen LogP contribution in [0, 0.1) is 40.4 Å². The second-order valence-corrected chi connectivity index (χ2v) is 12.0. The largest absolute Gasteiger partial charge is 0.390 e. The molecule has 32 heavy (non-hydrogen) atoms. The van der Waals surface area contributed by atoms with E-state index in [1.807, 2.05) is 0 Å². The third-order valence-electron chi connectivity index (χ3n) is 10.8. The molecule has 4 saturated carbocycles. The van der Waals surface area contributed by atoms with Gasteiger partial charge in [0.05, 0.1) is 18.8 Å². The molecule has 5 rings (SSSR count). The van der Waals surface area contributed by atoms with Crippen LogP contribution in [0.2, 0.25) is 0 Å². The van der Waals surface area contributed by atoms with Crippen LogP contribution in [0.5, 0.6) is 0 Å². The van der Waals surface area contributed by atoms with Gasteiger partial charge in [-0.2, -0.15) is 0 Å². The molecule has 4 N–H and O–H groups in total. The fourth-order valence-electron chi connectivity index (χ4n) is 8.95. The van der Waals surface area contributed by atoms with Crippen LogP contribution in [0.25, 0.3) is 0 Å². The lowest BCUT2D eigenvalue weighted by molar-refractivity contribution is -0.310. The summed E-state index contributed by atoms with van der Waals surface area (Å²) >= 11 is 0. The molecule has 0 spiro atoms. The summed E-state index contributed by atoms with van der Waals surface area (Å²) in [6, 6.07) is 0. The van der Waals surface area contributed by atoms with Crippen LogP contribution in [0.1, 0.15) is 65.2 Å². The van der Waals surface area contributed by atoms with Gasteiger partial charge in [-0.15, -0.1) is 6.58 Å². The molecule has 13 atom stereocenters. The summed E-state index contributed by atoms with van der Waals surface area (Å²) < 4.78 is 11.8. The Morgan fingerprint density at radius 3 is 2.25 bits per heavy atom. The molecule has 0 bridgehead atoms. The Kier molecular flexibility index (Phi) is 6.04. The van der Waals surface area contributed by atoms with E-state index in [1.165, 1.54) is 25.7 Å². The first-order valence-corrected chi connectivity index (χ1v) is 12.8. The highest BCUT2D eigenvalue weighted by atomic mass is 16.7. The zero-order valence-electron chi connectivity index (χ0n) is 19.6. The first-order chi connectivity index (χ1) is 15.2. The van der Waals surface area contributed by atoms with E-state index in [2.05, 4.69) is 26.5 Å². The van der Waals surface area contributed by atoms with Crippen molar-refractivity contribution in [2.45, 2.75) is 102 Å². The number of allylic oxidation sites excluding steroid dienone is 1. The number of hydrogen-bond acceptors (Lipinski definition) is 6. The zero-order valence-corrected chi connectivity index (χ0v) is 19.6. The first kappa shape index (κ1) is 23.3. The van der Waals surface area contributed by atoms with E-state index in [0.29, 0.717) is 23.7 Å². The highest BCUT2D eigenvalue weighted by molar-refractivity contribution is 5.12. The van der Waals surface area contributed by atoms with Crippen molar-refractivity contribution in [3.05, 3.63) is 12.7 Å². The van der Waals surface area contributed by atoms with Crippen molar-refractivity contribution < 1.29 is 29.9 Å². The maximum atomic E-state index is 10.9. The molecule has 1 aliphatic heterocycles. The van der Waals surface area contributed by atoms with E-state index in [4.69, 9.17) is 9.47 Å². The molecule has 1 heterocycles. The number of ether oxygens (including phenoxy) is 2. The standard InChI is InChI=1S/C26H42O6/c1-4-14-5-7-16-15-6-8-18-23(32-24-22(30)21(29)20(28)13-31-24)19(27)10-12-26(18,3)17(15)9-11-25(14,16)2/h4,14-24,27-30H,1,5-13H2,2-3H3/t14-,15-,16-,17-,18-,19-,20+,21+,22-,23-,24-,25+,26+/m0/s1. The van der Waals surface area contributed by atoms with E-state index in [1.54, 1.807) is 0 Å². The third kappa shape index (κ3) is 3.36. The summed E-state index contributed by atoms with van der Waals surface area (Å²) in [6.45, 7) is 8.97. The molecule has 0 aromatic heterocycles. The predicted molar refractivity (Wildman–Crippen MR) is 119 cm³/mol. The highest BCUT2D eigenvalue weighted by Gasteiger charge is 2.62. The second-order valence-electron chi connectivity index (χ2n) is 12.0. The summed E-state index contributed by atoms with van der Waals surface area (Å²) in [5, 5.41) is 41.2. The van der Waals surface area contributed by atoms with Crippen molar-refractivity contribution in [3.63, 3.8) is 0 Å². The minimum atomic E-state index is -1.32. The van der Waals surface area contributed by atoms with Crippen LogP contribution in [0.4, 0.5) is 0 Å². The molecule has 4 aliphatic carbocycles. The molecular formula is C26H42O6. The van der Waals surface area contributed by atoms with Crippen LogP contribution >= 0.6 is 0 Å². The number of rotatable bonds is 3. The summed E-state index contributed by atoms with van der Waals surface area (Å²) in [5.41, 5.74) is 0.478. The van der Waals surface area contributed by atoms with Crippen LogP contribution in [-0.2, 0) is 9.47 Å². The fourth-order valence-corrected chi connectivity index (χ4v) is 8.95. The Labute approximate surface area is 192 Å². The molecule has 5 aliphatic rings. The van der Waals surface area contributed by atoms with Crippen molar-refractivity contribution >= 4 is 0 Å². The smallest absolute Gasteiger partial charge is 0.186 e. The third-order valence-corrected chi connectivity index (χ3v) is 10.8. The SMILES string of the molecule is C=C[C@H]1CC[C@H]2[C@@H]3CC[C@H]4[C@H](O[C@@H]5OC[C@@H](O)[C@@H](O)[C@@H]5O)[C@@H](O)CC[C@]4(C)[C@H]3CC[C@]12C. The van der Waals surface area contributed by atoms with Crippen molar-refractivity contribution in [2.75, 3.05) is 6.61 Å². The maximum absolute atomic E-state index is 10.9. The van der Waals surface area contributed by atoms with Gasteiger partial charge >= 0.3 is 0 Å². The van der Waals surface area contributed by atoms with Gasteiger partial charge in [0.1, 0.15) is 18.3 Å². The normalized spacial score (nSPS) is 57.9. The minimum Gasteiger partial charge on any atom is -0.390 e. The maximum Gasteiger partial charge on any atom is 0.186 e. The van der Waals surface area contributed by atoms with E-state index in [-0.39, 0.29) is 17.9 Å². The van der Waals surface area contributed by atoms with E-state index < -0.39 is 36.8 Å². The molecular weight excluding hydrogens is 408 g/mol. The molecule has 0 radical (unpaired) electrons. The highest BCUT2D eigenvalue weighted by Crippen LogP contribution is 2.67. The monoisotopic (exact) mass is 450 g/mol. The summed E-state index contributed by atoms with van der Waals surface area (Å²) in [7, 11) is 0. The van der Waals surface area contributed by atoms with Crippen molar-refractivity contribution in [1.82, 2.24) is 0 Å². The van der Waals surface area contributed by atoms with Crippen molar-refractivity contribution in [1.29, 1.82) is 0 Å². The van der Waals surface area contributed by atoms with Gasteiger partial charge in [0.2, 0.25) is 0 Å². The summed E-state index contributed by atoms with van der Waals surface area (Å²) in [4.78, 5) is 0. The Morgan fingerprint density at radius 1 is 0.812 bits per heavy atom. The Hall–Kier alpha value is -0.500. The summed E-state index contributed by atoms with van der Waals surface area (Å²) in [5.74, 6) is 2.95. The average Bonchev–Trinajstić information content (AvgIpc) is 3.12. The van der Waals surface area contributed by atoms with Gasteiger partial charge in [-0.25, -0.2) is 0 Å². The molecule has 6 nitrogen and oxygen atoms in total. The predicted octanol–water partition coefficient (Wildman–Crippen LogP) is 2.63. The van der Waals surface area contributed by atoms with Gasteiger partial charge in [0.15, 0.2) is 6.29 Å². The minimum absolute atomic E-state index is 0.0803. The molecule has 0 unspecified atom stereocenters. The van der Waals surface area contributed by atoms with Gasteiger partial charge in [-0.05, 0) is 91.8 Å². The van der Waals surface area contributed by atoms with Gasteiger partial charge in [0.25, 0.3) is 0 Å². The average molecular weight is 451 g/mol. The van der Waals surface area contributed by atoms with Crippen LogP contribution in [-0.4, -0.2) is 63.8 Å². The van der Waals surface area contributed by atoms with Gasteiger partial charge in [0, 0.05) is 0 Å². The topological polar surface area (TPSA) is 99.4 Å².